The van der Waals surface area contributed by atoms with Crippen LogP contribution in [-0.2, 0) is 4.79 Å². The van der Waals surface area contributed by atoms with Gasteiger partial charge in [0.05, 0.1) is 6.04 Å². The highest BCUT2D eigenvalue weighted by atomic mass is 16.4. The number of hydrogen-bond donors (Lipinski definition) is 1. The Morgan fingerprint density at radius 3 is 2.69 bits per heavy atom. The molecule has 0 aromatic heterocycles. The molecule has 2 aliphatic heterocycles. The molecule has 2 heterocycles. The molecule has 4 heteroatoms. The molecule has 3 rings (SSSR count). The molecule has 1 amide bonds. The fraction of sp³-hybridized carbons (Fsp3) is 0.778. The number of piperidine rings is 2. The molecule has 1 aliphatic carbocycles. The summed E-state index contributed by atoms with van der Waals surface area (Å²) in [6.45, 7) is 1.90. The van der Waals surface area contributed by atoms with Gasteiger partial charge >= 0.3 is 6.09 Å². The highest BCUT2D eigenvalue weighted by Gasteiger charge is 2.46. The second-order valence-corrected chi connectivity index (χ2v) is 3.95. The van der Waals surface area contributed by atoms with Crippen LogP contribution in [0.3, 0.4) is 0 Å². The highest BCUT2D eigenvalue weighted by molar-refractivity contribution is 5.89. The van der Waals surface area contributed by atoms with Gasteiger partial charge in [-0.05, 0) is 25.7 Å². The third-order valence-corrected chi connectivity index (χ3v) is 3.32. The maximum Gasteiger partial charge on any atom is 0.408 e. The van der Waals surface area contributed by atoms with Crippen LogP contribution < -0.4 is 0 Å². The normalized spacial score (nSPS) is 38.1. The van der Waals surface area contributed by atoms with E-state index >= 15 is 0 Å². The van der Waals surface area contributed by atoms with Crippen molar-refractivity contribution in [3.05, 3.63) is 0 Å². The lowest BCUT2D eigenvalue weighted by Crippen LogP contribution is -2.60. The average molecular weight is 183 g/mol. The number of hydrogen-bond acceptors (Lipinski definition) is 2. The topological polar surface area (TPSA) is 57.6 Å². The summed E-state index contributed by atoms with van der Waals surface area (Å²) in [5.41, 5.74) is 0. The van der Waals surface area contributed by atoms with Gasteiger partial charge < -0.3 is 5.11 Å². The first-order valence-electron chi connectivity index (χ1n) is 4.65. The van der Waals surface area contributed by atoms with Crippen molar-refractivity contribution in [1.82, 2.24) is 4.90 Å². The van der Waals surface area contributed by atoms with Crippen LogP contribution in [-0.4, -0.2) is 34.0 Å². The van der Waals surface area contributed by atoms with E-state index in [1.54, 1.807) is 0 Å². The number of Topliss-reactive ketones (excluding diaryl/α,β-unsaturated/α-hetero) is 1. The Kier molecular flexibility index (Phi) is 1.78. The van der Waals surface area contributed by atoms with E-state index in [-0.39, 0.29) is 23.8 Å². The summed E-state index contributed by atoms with van der Waals surface area (Å²) < 4.78 is 0. The van der Waals surface area contributed by atoms with Crippen LogP contribution in [0.25, 0.3) is 0 Å². The molecular weight excluding hydrogens is 170 g/mol. The number of amides is 1. The maximum absolute atomic E-state index is 11.4. The average Bonchev–Trinajstić information content (AvgIpc) is 2.06. The zero-order valence-corrected chi connectivity index (χ0v) is 7.56. The fourth-order valence-electron chi connectivity index (χ4n) is 2.55. The van der Waals surface area contributed by atoms with Crippen LogP contribution in [0.1, 0.15) is 26.2 Å². The zero-order valence-electron chi connectivity index (χ0n) is 7.56. The SMILES string of the molecule is C[C@@H]1[C@@H]2CC[C@@H](C(=O)C2)N1C(=O)O. The second kappa shape index (κ2) is 2.72. The van der Waals surface area contributed by atoms with Crippen molar-refractivity contribution in [3.63, 3.8) is 0 Å². The van der Waals surface area contributed by atoms with E-state index < -0.39 is 6.09 Å². The molecule has 0 aromatic rings. The Morgan fingerprint density at radius 2 is 2.23 bits per heavy atom. The Morgan fingerprint density at radius 1 is 1.54 bits per heavy atom. The monoisotopic (exact) mass is 183 g/mol. The van der Waals surface area contributed by atoms with Crippen molar-refractivity contribution < 1.29 is 14.7 Å². The molecule has 0 spiro atoms. The smallest absolute Gasteiger partial charge is 0.408 e. The minimum absolute atomic E-state index is 0.0222. The lowest BCUT2D eigenvalue weighted by Gasteiger charge is -2.47. The zero-order chi connectivity index (χ0) is 9.59. The van der Waals surface area contributed by atoms with Gasteiger partial charge in [-0.1, -0.05) is 0 Å². The van der Waals surface area contributed by atoms with Crippen molar-refractivity contribution in [1.29, 1.82) is 0 Å². The molecule has 0 unspecified atom stereocenters. The molecule has 2 bridgehead atoms. The molecule has 3 aliphatic rings. The van der Waals surface area contributed by atoms with E-state index in [0.29, 0.717) is 6.42 Å². The second-order valence-electron chi connectivity index (χ2n) is 3.95. The van der Waals surface area contributed by atoms with Crippen molar-refractivity contribution in [2.75, 3.05) is 0 Å². The predicted molar refractivity (Wildman–Crippen MR) is 45.5 cm³/mol. The number of rotatable bonds is 0. The van der Waals surface area contributed by atoms with Gasteiger partial charge in [0.25, 0.3) is 0 Å². The van der Waals surface area contributed by atoms with Gasteiger partial charge in [0.1, 0.15) is 0 Å². The van der Waals surface area contributed by atoms with Gasteiger partial charge in [-0.2, -0.15) is 0 Å². The molecule has 0 aromatic carbocycles. The van der Waals surface area contributed by atoms with E-state index in [0.717, 1.165) is 12.8 Å². The van der Waals surface area contributed by atoms with Crippen molar-refractivity contribution >= 4 is 11.9 Å². The Bertz CT molecular complexity index is 264. The van der Waals surface area contributed by atoms with Gasteiger partial charge in [-0.15, -0.1) is 0 Å². The molecular formula is C9H13NO3. The maximum atomic E-state index is 11.4. The third kappa shape index (κ3) is 1.12. The first kappa shape index (κ1) is 8.53. The summed E-state index contributed by atoms with van der Waals surface area (Å²) >= 11 is 0. The molecule has 72 valence electrons. The Hall–Kier alpha value is -1.06. The van der Waals surface area contributed by atoms with Gasteiger partial charge in [0, 0.05) is 12.5 Å². The van der Waals surface area contributed by atoms with Crippen LogP contribution >= 0.6 is 0 Å². The summed E-state index contributed by atoms with van der Waals surface area (Å²) in [6.07, 6.45) is 1.35. The standard InChI is InChI=1S/C9H13NO3/c1-5-6-2-3-7(8(11)4-6)10(5)9(12)13/h5-7H,2-4H2,1H3,(H,12,13)/t5-,6-,7+/m1/s1. The largest absolute Gasteiger partial charge is 0.465 e. The lowest BCUT2D eigenvalue weighted by atomic mass is 9.75. The van der Waals surface area contributed by atoms with Gasteiger partial charge in [0.2, 0.25) is 0 Å². The number of fused-ring (bicyclic) bond motifs is 3. The first-order valence-corrected chi connectivity index (χ1v) is 4.65. The van der Waals surface area contributed by atoms with Crippen LogP contribution in [0.2, 0.25) is 0 Å². The predicted octanol–water partition coefficient (Wildman–Crippen LogP) is 1.11. The van der Waals surface area contributed by atoms with E-state index in [1.807, 2.05) is 6.92 Å². The van der Waals surface area contributed by atoms with Gasteiger partial charge in [-0.25, -0.2) is 4.79 Å². The highest BCUT2D eigenvalue weighted by Crippen LogP contribution is 2.37. The minimum Gasteiger partial charge on any atom is -0.465 e. The van der Waals surface area contributed by atoms with Crippen LogP contribution in [0.4, 0.5) is 4.79 Å². The summed E-state index contributed by atoms with van der Waals surface area (Å²) in [5.74, 6) is 0.366. The number of carbonyl (C=O) groups excluding carboxylic acids is 1. The molecule has 3 atom stereocenters. The summed E-state index contributed by atoms with van der Waals surface area (Å²) in [5, 5.41) is 8.92. The van der Waals surface area contributed by atoms with Gasteiger partial charge in [-0.3, -0.25) is 9.69 Å². The molecule has 4 nitrogen and oxygen atoms in total. The van der Waals surface area contributed by atoms with Crippen LogP contribution in [0.5, 0.6) is 0 Å². The molecule has 0 radical (unpaired) electrons. The minimum atomic E-state index is -0.949. The quantitative estimate of drug-likeness (QED) is 0.612. The van der Waals surface area contributed by atoms with Crippen molar-refractivity contribution in [3.8, 4) is 0 Å². The number of carboxylic acid groups (broad SMARTS) is 1. The van der Waals surface area contributed by atoms with Gasteiger partial charge in [0.15, 0.2) is 5.78 Å². The third-order valence-electron chi connectivity index (χ3n) is 3.32. The van der Waals surface area contributed by atoms with Crippen LogP contribution in [0, 0.1) is 5.92 Å². The Balaban J connectivity index is 2.28. The van der Waals surface area contributed by atoms with E-state index in [4.69, 9.17) is 5.11 Å². The molecule has 3 fully saturated rings. The summed E-state index contributed by atoms with van der Waals surface area (Å²) in [7, 11) is 0. The van der Waals surface area contributed by atoms with E-state index in [1.165, 1.54) is 4.90 Å². The Labute approximate surface area is 76.5 Å². The lowest BCUT2D eigenvalue weighted by molar-refractivity contribution is -0.134. The van der Waals surface area contributed by atoms with E-state index in [2.05, 4.69) is 0 Å². The van der Waals surface area contributed by atoms with Crippen molar-refractivity contribution in [2.24, 2.45) is 5.92 Å². The van der Waals surface area contributed by atoms with Crippen LogP contribution in [0.15, 0.2) is 0 Å². The van der Waals surface area contributed by atoms with E-state index in [9.17, 15) is 9.59 Å². The number of nitrogens with zero attached hydrogens (tertiary/aromatic N) is 1. The molecule has 13 heavy (non-hydrogen) atoms. The molecule has 1 N–H and O–H groups in total. The van der Waals surface area contributed by atoms with Crippen molar-refractivity contribution in [2.45, 2.75) is 38.3 Å². The fourth-order valence-corrected chi connectivity index (χ4v) is 2.55. The summed E-state index contributed by atoms with van der Waals surface area (Å²) in [6, 6.07) is -0.327. The number of ketones is 1. The molecule has 1 saturated carbocycles. The first-order chi connectivity index (χ1) is 6.11. The summed E-state index contributed by atoms with van der Waals surface area (Å²) in [4.78, 5) is 23.6. The molecule has 2 saturated heterocycles. The number of carbonyl (C=O) groups is 2.